The number of aromatic nitrogens is 2. The summed E-state index contributed by atoms with van der Waals surface area (Å²) in [4.78, 5) is 0. The Hall–Kier alpha value is -1.04. The highest BCUT2D eigenvalue weighted by Gasteiger charge is 2.08. The molecule has 0 unspecified atom stereocenters. The van der Waals surface area contributed by atoms with Gasteiger partial charge in [-0.15, -0.1) is 0 Å². The molecular weight excluding hydrogens is 178 g/mol. The maximum Gasteiger partial charge on any atom is 0.231 e. The summed E-state index contributed by atoms with van der Waals surface area (Å²) in [6.45, 7) is 3.63. The molecule has 2 N–H and O–H groups in total. The van der Waals surface area contributed by atoms with E-state index >= 15 is 0 Å². The van der Waals surface area contributed by atoms with Crippen molar-refractivity contribution in [3.05, 3.63) is 11.3 Å². The molecule has 0 aliphatic rings. The van der Waals surface area contributed by atoms with Gasteiger partial charge in [-0.3, -0.25) is 9.82 Å². The largest absolute Gasteiger partial charge is 0.280 e. The standard InChI is InChI=1S/C6H11N3O2S/c1-4-5(2)7-8-6(4)9-12(3,10)11/h1-3H3,(H2,7,8,9). The Kier molecular flexibility index (Phi) is 2.10. The molecule has 0 radical (unpaired) electrons. The van der Waals surface area contributed by atoms with Gasteiger partial charge in [0.15, 0.2) is 5.82 Å². The summed E-state index contributed by atoms with van der Waals surface area (Å²) in [7, 11) is -3.22. The molecular formula is C6H11N3O2S. The van der Waals surface area contributed by atoms with Gasteiger partial charge in [0.25, 0.3) is 0 Å². The third-order valence-corrected chi connectivity index (χ3v) is 2.10. The van der Waals surface area contributed by atoms with Crippen LogP contribution in [0.5, 0.6) is 0 Å². The fourth-order valence-electron chi connectivity index (χ4n) is 0.760. The predicted octanol–water partition coefficient (Wildman–Crippen LogP) is 0.398. The van der Waals surface area contributed by atoms with Gasteiger partial charge in [0.05, 0.1) is 6.26 Å². The highest BCUT2D eigenvalue weighted by molar-refractivity contribution is 7.92. The maximum absolute atomic E-state index is 10.8. The Morgan fingerprint density at radius 1 is 1.42 bits per heavy atom. The molecule has 12 heavy (non-hydrogen) atoms. The SMILES string of the molecule is Cc1[nH]nc(NS(C)(=O)=O)c1C. The third kappa shape index (κ3) is 1.97. The van der Waals surface area contributed by atoms with Crippen LogP contribution >= 0.6 is 0 Å². The number of hydrogen-bond acceptors (Lipinski definition) is 3. The Morgan fingerprint density at radius 3 is 2.33 bits per heavy atom. The molecule has 0 aromatic carbocycles. The van der Waals surface area contributed by atoms with Gasteiger partial charge in [-0.25, -0.2) is 8.42 Å². The van der Waals surface area contributed by atoms with E-state index in [-0.39, 0.29) is 0 Å². The first-order valence-electron chi connectivity index (χ1n) is 3.39. The van der Waals surface area contributed by atoms with E-state index in [1.54, 1.807) is 6.92 Å². The second-order valence-electron chi connectivity index (χ2n) is 2.70. The van der Waals surface area contributed by atoms with Crippen LogP contribution in [0.1, 0.15) is 11.3 Å². The lowest BCUT2D eigenvalue weighted by Crippen LogP contribution is -2.10. The van der Waals surface area contributed by atoms with Gasteiger partial charge in [-0.05, 0) is 13.8 Å². The number of hydrogen-bond donors (Lipinski definition) is 2. The van der Waals surface area contributed by atoms with Crippen LogP contribution in [0.2, 0.25) is 0 Å². The highest BCUT2D eigenvalue weighted by Crippen LogP contribution is 2.14. The molecule has 0 atom stereocenters. The van der Waals surface area contributed by atoms with Crippen LogP contribution in [0.4, 0.5) is 5.82 Å². The van der Waals surface area contributed by atoms with Crippen molar-refractivity contribution >= 4 is 15.8 Å². The van der Waals surface area contributed by atoms with Gasteiger partial charge in [0.2, 0.25) is 10.0 Å². The molecule has 0 bridgehead atoms. The number of sulfonamides is 1. The van der Waals surface area contributed by atoms with E-state index in [4.69, 9.17) is 0 Å². The monoisotopic (exact) mass is 189 g/mol. The van der Waals surface area contributed by atoms with E-state index in [2.05, 4.69) is 14.9 Å². The number of H-pyrrole nitrogens is 1. The normalized spacial score (nSPS) is 11.6. The topological polar surface area (TPSA) is 74.8 Å². The summed E-state index contributed by atoms with van der Waals surface area (Å²) in [6.07, 6.45) is 1.09. The van der Waals surface area contributed by atoms with Gasteiger partial charge in [-0.1, -0.05) is 0 Å². The zero-order valence-corrected chi connectivity index (χ0v) is 7.99. The lowest BCUT2D eigenvalue weighted by molar-refractivity contribution is 0.606. The molecule has 0 fully saturated rings. The minimum atomic E-state index is -3.22. The summed E-state index contributed by atoms with van der Waals surface area (Å²) >= 11 is 0. The van der Waals surface area contributed by atoms with E-state index in [1.807, 2.05) is 6.92 Å². The fourth-order valence-corrected chi connectivity index (χ4v) is 1.31. The van der Waals surface area contributed by atoms with Crippen LogP contribution < -0.4 is 4.72 Å². The summed E-state index contributed by atoms with van der Waals surface area (Å²) in [5.74, 6) is 0.370. The molecule has 68 valence electrons. The van der Waals surface area contributed by atoms with Gasteiger partial charge < -0.3 is 0 Å². The second-order valence-corrected chi connectivity index (χ2v) is 4.44. The van der Waals surface area contributed by atoms with E-state index < -0.39 is 10.0 Å². The number of aryl methyl sites for hydroxylation is 1. The predicted molar refractivity (Wildman–Crippen MR) is 46.5 cm³/mol. The molecule has 0 saturated carbocycles. The first kappa shape index (κ1) is 9.05. The van der Waals surface area contributed by atoms with Crippen molar-refractivity contribution in [2.75, 3.05) is 11.0 Å². The zero-order chi connectivity index (χ0) is 9.35. The quantitative estimate of drug-likeness (QED) is 0.707. The Bertz CT molecular complexity index is 379. The number of nitrogens with zero attached hydrogens (tertiary/aromatic N) is 1. The minimum absolute atomic E-state index is 0.370. The average Bonchev–Trinajstić information content (AvgIpc) is 2.16. The summed E-state index contributed by atoms with van der Waals surface area (Å²) < 4.78 is 23.9. The molecule has 1 aromatic heterocycles. The van der Waals surface area contributed by atoms with Gasteiger partial charge in [0, 0.05) is 11.3 Å². The Balaban J connectivity index is 2.99. The molecule has 0 spiro atoms. The van der Waals surface area contributed by atoms with Crippen molar-refractivity contribution in [1.29, 1.82) is 0 Å². The molecule has 5 nitrogen and oxygen atoms in total. The Morgan fingerprint density at radius 2 is 2.00 bits per heavy atom. The molecule has 0 aliphatic heterocycles. The summed E-state index contributed by atoms with van der Waals surface area (Å²) in [5, 5.41) is 6.47. The van der Waals surface area contributed by atoms with Gasteiger partial charge in [-0.2, -0.15) is 5.10 Å². The van der Waals surface area contributed by atoms with E-state index in [0.29, 0.717) is 5.82 Å². The number of rotatable bonds is 2. The van der Waals surface area contributed by atoms with Crippen LogP contribution in [0, 0.1) is 13.8 Å². The smallest absolute Gasteiger partial charge is 0.231 e. The molecule has 0 saturated heterocycles. The average molecular weight is 189 g/mol. The van der Waals surface area contributed by atoms with Crippen molar-refractivity contribution in [3.63, 3.8) is 0 Å². The number of anilines is 1. The summed E-state index contributed by atoms with van der Waals surface area (Å²) in [6, 6.07) is 0. The van der Waals surface area contributed by atoms with Crippen molar-refractivity contribution < 1.29 is 8.42 Å². The van der Waals surface area contributed by atoms with Crippen LogP contribution in [0.15, 0.2) is 0 Å². The molecule has 0 amide bonds. The number of aromatic amines is 1. The van der Waals surface area contributed by atoms with Crippen molar-refractivity contribution in [1.82, 2.24) is 10.2 Å². The highest BCUT2D eigenvalue weighted by atomic mass is 32.2. The van der Waals surface area contributed by atoms with Gasteiger partial charge in [0.1, 0.15) is 0 Å². The lowest BCUT2D eigenvalue weighted by atomic mass is 10.3. The van der Waals surface area contributed by atoms with Crippen LogP contribution in [-0.4, -0.2) is 24.9 Å². The minimum Gasteiger partial charge on any atom is -0.280 e. The molecule has 1 rings (SSSR count). The van der Waals surface area contributed by atoms with E-state index in [0.717, 1.165) is 17.5 Å². The van der Waals surface area contributed by atoms with Crippen LogP contribution in [0.3, 0.4) is 0 Å². The van der Waals surface area contributed by atoms with Crippen molar-refractivity contribution in [3.8, 4) is 0 Å². The molecule has 1 aromatic rings. The third-order valence-electron chi connectivity index (χ3n) is 1.54. The second kappa shape index (κ2) is 2.78. The first-order chi connectivity index (χ1) is 5.40. The number of nitrogens with one attached hydrogen (secondary N) is 2. The summed E-state index contributed by atoms with van der Waals surface area (Å²) in [5.41, 5.74) is 1.68. The fraction of sp³-hybridized carbons (Fsp3) is 0.500. The first-order valence-corrected chi connectivity index (χ1v) is 5.28. The van der Waals surface area contributed by atoms with Crippen molar-refractivity contribution in [2.45, 2.75) is 13.8 Å². The Labute approximate surface area is 71.2 Å². The molecule has 6 heteroatoms. The van der Waals surface area contributed by atoms with E-state index in [1.165, 1.54) is 0 Å². The van der Waals surface area contributed by atoms with Crippen molar-refractivity contribution in [2.24, 2.45) is 0 Å². The van der Waals surface area contributed by atoms with Gasteiger partial charge >= 0.3 is 0 Å². The lowest BCUT2D eigenvalue weighted by Gasteiger charge is -1.99. The zero-order valence-electron chi connectivity index (χ0n) is 7.17. The maximum atomic E-state index is 10.8. The van der Waals surface area contributed by atoms with Crippen LogP contribution in [-0.2, 0) is 10.0 Å². The van der Waals surface area contributed by atoms with E-state index in [9.17, 15) is 8.42 Å². The molecule has 1 heterocycles. The molecule has 0 aliphatic carbocycles. The van der Waals surface area contributed by atoms with Crippen LogP contribution in [0.25, 0.3) is 0 Å².